The minimum atomic E-state index is -0.105. The summed E-state index contributed by atoms with van der Waals surface area (Å²) in [5, 5.41) is 3.04. The van der Waals surface area contributed by atoms with Gasteiger partial charge in [-0.15, -0.1) is 0 Å². The largest absolute Gasteiger partial charge is 0.456 e. The molecule has 1 amide bonds. The van der Waals surface area contributed by atoms with Gasteiger partial charge in [0.05, 0.1) is 0 Å². The lowest BCUT2D eigenvalue weighted by molar-refractivity contribution is 0.0884. The predicted molar refractivity (Wildman–Crippen MR) is 75.2 cm³/mol. The lowest BCUT2D eigenvalue weighted by atomic mass is 10.0. The van der Waals surface area contributed by atoms with Gasteiger partial charge in [0.25, 0.3) is 5.91 Å². The molecule has 2 rings (SSSR count). The van der Waals surface area contributed by atoms with E-state index < -0.39 is 0 Å². The van der Waals surface area contributed by atoms with E-state index in [1.54, 1.807) is 6.07 Å². The van der Waals surface area contributed by atoms with Gasteiger partial charge >= 0.3 is 0 Å². The highest BCUT2D eigenvalue weighted by molar-refractivity contribution is 5.91. The molecule has 1 aromatic heterocycles. The summed E-state index contributed by atoms with van der Waals surface area (Å²) in [6.07, 6.45) is 1.97. The van der Waals surface area contributed by atoms with Crippen LogP contribution in [0.15, 0.2) is 28.7 Å². The molecule has 4 heteroatoms. The molecule has 0 unspecified atom stereocenters. The fourth-order valence-corrected chi connectivity index (χ4v) is 2.43. The molecule has 104 valence electrons. The van der Waals surface area contributed by atoms with E-state index in [1.165, 1.54) is 5.57 Å². The second-order valence-electron chi connectivity index (χ2n) is 5.39. The number of aryl methyl sites for hydroxylation is 1. The van der Waals surface area contributed by atoms with Gasteiger partial charge in [0.1, 0.15) is 5.76 Å². The van der Waals surface area contributed by atoms with E-state index in [0.717, 1.165) is 38.2 Å². The monoisotopic (exact) mass is 262 g/mol. The summed E-state index contributed by atoms with van der Waals surface area (Å²) in [6, 6.07) is 3.78. The number of hydrogen-bond acceptors (Lipinski definition) is 3. The van der Waals surface area contributed by atoms with Gasteiger partial charge in [0.2, 0.25) is 0 Å². The SMILES string of the molecule is C=C(C)CN1CCC(NC(=O)c2ccc(C)o2)CC1. The summed E-state index contributed by atoms with van der Waals surface area (Å²) >= 11 is 0. The zero-order valence-corrected chi connectivity index (χ0v) is 11.7. The summed E-state index contributed by atoms with van der Waals surface area (Å²) < 4.78 is 5.33. The number of carbonyl (C=O) groups is 1. The Kier molecular flexibility index (Phi) is 4.43. The fraction of sp³-hybridized carbons (Fsp3) is 0.533. The van der Waals surface area contributed by atoms with Crippen LogP contribution in [0.3, 0.4) is 0 Å². The van der Waals surface area contributed by atoms with Gasteiger partial charge in [-0.3, -0.25) is 9.69 Å². The van der Waals surface area contributed by atoms with E-state index in [1.807, 2.05) is 19.9 Å². The third-order valence-electron chi connectivity index (χ3n) is 3.38. The first kappa shape index (κ1) is 13.9. The Bertz CT molecular complexity index is 456. The number of carbonyl (C=O) groups excluding carboxylic acids is 1. The Hall–Kier alpha value is -1.55. The number of amides is 1. The van der Waals surface area contributed by atoms with Crippen molar-refractivity contribution in [3.63, 3.8) is 0 Å². The Morgan fingerprint density at radius 3 is 2.68 bits per heavy atom. The van der Waals surface area contributed by atoms with E-state index in [0.29, 0.717) is 5.76 Å². The zero-order chi connectivity index (χ0) is 13.8. The van der Waals surface area contributed by atoms with Crippen LogP contribution in [0.5, 0.6) is 0 Å². The Labute approximate surface area is 114 Å². The molecule has 1 N–H and O–H groups in total. The molecule has 0 radical (unpaired) electrons. The van der Waals surface area contributed by atoms with Crippen molar-refractivity contribution in [3.05, 3.63) is 35.8 Å². The van der Waals surface area contributed by atoms with Crippen LogP contribution in [-0.2, 0) is 0 Å². The summed E-state index contributed by atoms with van der Waals surface area (Å²) in [6.45, 7) is 10.8. The second kappa shape index (κ2) is 6.06. The maximum absolute atomic E-state index is 12.0. The van der Waals surface area contributed by atoms with Crippen LogP contribution in [0, 0.1) is 6.92 Å². The number of rotatable bonds is 4. The Morgan fingerprint density at radius 1 is 1.47 bits per heavy atom. The van der Waals surface area contributed by atoms with Crippen LogP contribution < -0.4 is 5.32 Å². The van der Waals surface area contributed by atoms with Crippen molar-refractivity contribution >= 4 is 5.91 Å². The minimum absolute atomic E-state index is 0.105. The summed E-state index contributed by atoms with van der Waals surface area (Å²) in [7, 11) is 0. The van der Waals surface area contributed by atoms with E-state index >= 15 is 0 Å². The molecular weight excluding hydrogens is 240 g/mol. The third-order valence-corrected chi connectivity index (χ3v) is 3.38. The average molecular weight is 262 g/mol. The van der Waals surface area contributed by atoms with Crippen LogP contribution >= 0.6 is 0 Å². The van der Waals surface area contributed by atoms with Gasteiger partial charge in [0.15, 0.2) is 5.76 Å². The van der Waals surface area contributed by atoms with Crippen molar-refractivity contribution in [3.8, 4) is 0 Å². The number of hydrogen-bond donors (Lipinski definition) is 1. The molecule has 0 saturated carbocycles. The molecule has 19 heavy (non-hydrogen) atoms. The van der Waals surface area contributed by atoms with Crippen molar-refractivity contribution in [2.45, 2.75) is 32.7 Å². The number of likely N-dealkylation sites (tertiary alicyclic amines) is 1. The molecule has 0 aromatic carbocycles. The second-order valence-corrected chi connectivity index (χ2v) is 5.39. The van der Waals surface area contributed by atoms with Crippen molar-refractivity contribution in [1.82, 2.24) is 10.2 Å². The van der Waals surface area contributed by atoms with Crippen LogP contribution in [-0.4, -0.2) is 36.5 Å². The number of nitrogens with zero attached hydrogens (tertiary/aromatic N) is 1. The van der Waals surface area contributed by atoms with E-state index in [-0.39, 0.29) is 11.9 Å². The topological polar surface area (TPSA) is 45.5 Å². The number of nitrogens with one attached hydrogen (secondary N) is 1. The molecule has 1 saturated heterocycles. The highest BCUT2D eigenvalue weighted by Crippen LogP contribution is 2.13. The lowest BCUT2D eigenvalue weighted by Crippen LogP contribution is -2.44. The number of furan rings is 1. The Balaban J connectivity index is 1.79. The highest BCUT2D eigenvalue weighted by atomic mass is 16.3. The fourth-order valence-electron chi connectivity index (χ4n) is 2.43. The maximum atomic E-state index is 12.0. The lowest BCUT2D eigenvalue weighted by Gasteiger charge is -2.32. The normalized spacial score (nSPS) is 17.4. The maximum Gasteiger partial charge on any atom is 0.287 e. The van der Waals surface area contributed by atoms with E-state index in [9.17, 15) is 4.79 Å². The van der Waals surface area contributed by atoms with Gasteiger partial charge < -0.3 is 9.73 Å². The molecule has 1 aliphatic rings. The van der Waals surface area contributed by atoms with E-state index in [4.69, 9.17) is 4.42 Å². The van der Waals surface area contributed by atoms with Crippen molar-refractivity contribution in [2.75, 3.05) is 19.6 Å². The van der Waals surface area contributed by atoms with Crippen molar-refractivity contribution in [2.24, 2.45) is 0 Å². The zero-order valence-electron chi connectivity index (χ0n) is 11.7. The molecule has 2 heterocycles. The van der Waals surface area contributed by atoms with Crippen LogP contribution in [0.1, 0.15) is 36.1 Å². The van der Waals surface area contributed by atoms with Crippen LogP contribution in [0.2, 0.25) is 0 Å². The average Bonchev–Trinajstić information content (AvgIpc) is 2.78. The first-order valence-electron chi connectivity index (χ1n) is 6.78. The smallest absolute Gasteiger partial charge is 0.287 e. The van der Waals surface area contributed by atoms with Gasteiger partial charge in [0, 0.05) is 25.7 Å². The molecule has 0 atom stereocenters. The molecule has 1 aliphatic heterocycles. The minimum Gasteiger partial charge on any atom is -0.456 e. The predicted octanol–water partition coefficient (Wildman–Crippen LogP) is 2.36. The molecule has 1 fully saturated rings. The number of piperidine rings is 1. The molecule has 0 bridgehead atoms. The van der Waals surface area contributed by atoms with Gasteiger partial charge in [-0.1, -0.05) is 12.2 Å². The molecule has 4 nitrogen and oxygen atoms in total. The highest BCUT2D eigenvalue weighted by Gasteiger charge is 2.21. The quantitative estimate of drug-likeness (QED) is 0.847. The van der Waals surface area contributed by atoms with Crippen LogP contribution in [0.25, 0.3) is 0 Å². The summed E-state index contributed by atoms with van der Waals surface area (Å²) in [5.74, 6) is 1.06. The molecule has 0 spiro atoms. The molecule has 1 aromatic rings. The van der Waals surface area contributed by atoms with Crippen LogP contribution in [0.4, 0.5) is 0 Å². The van der Waals surface area contributed by atoms with Crippen molar-refractivity contribution < 1.29 is 9.21 Å². The van der Waals surface area contributed by atoms with E-state index in [2.05, 4.69) is 16.8 Å². The standard InChI is InChI=1S/C15H22N2O2/c1-11(2)10-17-8-6-13(7-9-17)16-15(18)14-5-4-12(3)19-14/h4-5,13H,1,6-10H2,2-3H3,(H,16,18). The Morgan fingerprint density at radius 2 is 2.16 bits per heavy atom. The van der Waals surface area contributed by atoms with Crippen molar-refractivity contribution in [1.29, 1.82) is 0 Å². The third kappa shape index (κ3) is 3.96. The summed E-state index contributed by atoms with van der Waals surface area (Å²) in [5.41, 5.74) is 1.19. The van der Waals surface area contributed by atoms with Gasteiger partial charge in [-0.2, -0.15) is 0 Å². The van der Waals surface area contributed by atoms with Gasteiger partial charge in [-0.05, 0) is 38.8 Å². The first-order chi connectivity index (χ1) is 9.04. The molecular formula is C15H22N2O2. The molecule has 0 aliphatic carbocycles. The first-order valence-corrected chi connectivity index (χ1v) is 6.78. The van der Waals surface area contributed by atoms with Gasteiger partial charge in [-0.25, -0.2) is 0 Å². The summed E-state index contributed by atoms with van der Waals surface area (Å²) in [4.78, 5) is 14.3.